The molecule has 1 aliphatic heterocycles. The summed E-state index contributed by atoms with van der Waals surface area (Å²) >= 11 is 0. The van der Waals surface area contributed by atoms with Crippen molar-refractivity contribution < 1.29 is 0 Å². The van der Waals surface area contributed by atoms with Crippen molar-refractivity contribution in [2.24, 2.45) is 5.92 Å². The van der Waals surface area contributed by atoms with Crippen molar-refractivity contribution in [1.82, 2.24) is 10.2 Å². The first-order valence-corrected chi connectivity index (χ1v) is 8.07. The van der Waals surface area contributed by atoms with Crippen molar-refractivity contribution in [2.45, 2.75) is 46.1 Å². The maximum absolute atomic E-state index is 3.52. The SMILES string of the molecule is CNC(CN1CCCC(C)CC1)c1cc(C)ccc1C. The quantitative estimate of drug-likeness (QED) is 0.901. The van der Waals surface area contributed by atoms with E-state index in [0.717, 1.165) is 12.5 Å². The number of likely N-dealkylation sites (tertiary alicyclic amines) is 1. The predicted octanol–water partition coefficient (Wildman–Crippen LogP) is 3.69. The molecule has 2 nitrogen and oxygen atoms in total. The average Bonchev–Trinajstić information content (AvgIpc) is 2.64. The van der Waals surface area contributed by atoms with Crippen molar-refractivity contribution in [2.75, 3.05) is 26.7 Å². The monoisotopic (exact) mass is 274 g/mol. The second-order valence-electron chi connectivity index (χ2n) is 6.54. The molecule has 2 atom stereocenters. The van der Waals surface area contributed by atoms with Crippen LogP contribution in [-0.4, -0.2) is 31.6 Å². The summed E-state index contributed by atoms with van der Waals surface area (Å²) in [6, 6.07) is 7.25. The normalized spacial score (nSPS) is 22.5. The summed E-state index contributed by atoms with van der Waals surface area (Å²) in [6.07, 6.45) is 4.10. The Hall–Kier alpha value is -0.860. The molecule has 0 aromatic heterocycles. The minimum absolute atomic E-state index is 0.448. The number of likely N-dealkylation sites (N-methyl/N-ethyl adjacent to an activating group) is 1. The van der Waals surface area contributed by atoms with Crippen LogP contribution in [0.4, 0.5) is 0 Å². The van der Waals surface area contributed by atoms with Gasteiger partial charge in [-0.3, -0.25) is 0 Å². The summed E-state index contributed by atoms with van der Waals surface area (Å²) < 4.78 is 0. The van der Waals surface area contributed by atoms with Gasteiger partial charge in [0.05, 0.1) is 0 Å². The van der Waals surface area contributed by atoms with E-state index < -0.39 is 0 Å². The maximum Gasteiger partial charge on any atom is 0.0449 e. The number of rotatable bonds is 4. The number of hydrogen-bond acceptors (Lipinski definition) is 2. The number of hydrogen-bond donors (Lipinski definition) is 1. The molecule has 112 valence electrons. The predicted molar refractivity (Wildman–Crippen MR) is 87.2 cm³/mol. The molecule has 1 aromatic carbocycles. The van der Waals surface area contributed by atoms with Gasteiger partial charge >= 0.3 is 0 Å². The molecule has 2 unspecified atom stereocenters. The fraction of sp³-hybridized carbons (Fsp3) is 0.667. The van der Waals surface area contributed by atoms with Crippen LogP contribution in [-0.2, 0) is 0 Å². The molecule has 0 saturated carbocycles. The largest absolute Gasteiger partial charge is 0.312 e. The molecule has 20 heavy (non-hydrogen) atoms. The van der Waals surface area contributed by atoms with Crippen molar-refractivity contribution in [1.29, 1.82) is 0 Å². The van der Waals surface area contributed by atoms with E-state index in [4.69, 9.17) is 0 Å². The van der Waals surface area contributed by atoms with E-state index in [1.807, 2.05) is 0 Å². The molecule has 2 rings (SSSR count). The average molecular weight is 274 g/mol. The van der Waals surface area contributed by atoms with Gasteiger partial charge < -0.3 is 10.2 Å². The number of nitrogens with zero attached hydrogens (tertiary/aromatic N) is 1. The molecule has 0 bridgehead atoms. The molecule has 2 heteroatoms. The molecule has 1 heterocycles. The van der Waals surface area contributed by atoms with E-state index in [9.17, 15) is 0 Å². The zero-order valence-electron chi connectivity index (χ0n) is 13.6. The van der Waals surface area contributed by atoms with Gasteiger partial charge in [0.15, 0.2) is 0 Å². The van der Waals surface area contributed by atoms with E-state index in [-0.39, 0.29) is 0 Å². The van der Waals surface area contributed by atoms with Crippen LogP contribution in [0.15, 0.2) is 18.2 Å². The third kappa shape index (κ3) is 4.07. The van der Waals surface area contributed by atoms with Gasteiger partial charge in [-0.15, -0.1) is 0 Å². The van der Waals surface area contributed by atoms with Gasteiger partial charge in [-0.05, 0) is 70.3 Å². The topological polar surface area (TPSA) is 15.3 Å². The summed E-state index contributed by atoms with van der Waals surface area (Å²) in [5.74, 6) is 0.897. The highest BCUT2D eigenvalue weighted by molar-refractivity contribution is 5.33. The summed E-state index contributed by atoms with van der Waals surface area (Å²) in [5.41, 5.74) is 4.22. The fourth-order valence-corrected chi connectivity index (χ4v) is 3.24. The van der Waals surface area contributed by atoms with Crippen molar-refractivity contribution >= 4 is 0 Å². The lowest BCUT2D eigenvalue weighted by molar-refractivity contribution is 0.253. The first kappa shape index (κ1) is 15.5. The van der Waals surface area contributed by atoms with E-state index in [2.05, 4.69) is 56.2 Å². The van der Waals surface area contributed by atoms with Crippen LogP contribution in [0, 0.1) is 19.8 Å². The minimum Gasteiger partial charge on any atom is -0.312 e. The molecule has 0 radical (unpaired) electrons. The number of benzene rings is 1. The van der Waals surface area contributed by atoms with Crippen molar-refractivity contribution in [3.63, 3.8) is 0 Å². The molecule has 1 aromatic rings. The van der Waals surface area contributed by atoms with Crippen LogP contribution in [0.1, 0.15) is 48.9 Å². The van der Waals surface area contributed by atoms with Gasteiger partial charge in [-0.2, -0.15) is 0 Å². The Kier molecular flexibility index (Phi) is 5.62. The van der Waals surface area contributed by atoms with Crippen LogP contribution in [0.5, 0.6) is 0 Å². The van der Waals surface area contributed by atoms with Gasteiger partial charge in [0.25, 0.3) is 0 Å². The smallest absolute Gasteiger partial charge is 0.0449 e. The molecule has 1 N–H and O–H groups in total. The lowest BCUT2D eigenvalue weighted by Gasteiger charge is -2.27. The Morgan fingerprint density at radius 3 is 2.80 bits per heavy atom. The van der Waals surface area contributed by atoms with E-state index in [1.54, 1.807) is 0 Å². The zero-order chi connectivity index (χ0) is 14.5. The highest BCUT2D eigenvalue weighted by atomic mass is 15.1. The van der Waals surface area contributed by atoms with Crippen LogP contribution in [0.25, 0.3) is 0 Å². The van der Waals surface area contributed by atoms with Gasteiger partial charge in [-0.1, -0.05) is 30.7 Å². The molecule has 1 saturated heterocycles. The lowest BCUT2D eigenvalue weighted by atomic mass is 9.98. The highest BCUT2D eigenvalue weighted by Crippen LogP contribution is 2.22. The van der Waals surface area contributed by atoms with Crippen LogP contribution in [0.3, 0.4) is 0 Å². The number of aryl methyl sites for hydroxylation is 2. The standard InChI is InChI=1S/C18H30N2/c1-14-6-5-10-20(11-9-14)13-18(19-4)17-12-15(2)7-8-16(17)3/h7-8,12,14,18-19H,5-6,9-11,13H2,1-4H3. The third-order valence-electron chi connectivity index (χ3n) is 4.71. The van der Waals surface area contributed by atoms with Gasteiger partial charge in [-0.25, -0.2) is 0 Å². The van der Waals surface area contributed by atoms with Gasteiger partial charge in [0.2, 0.25) is 0 Å². The summed E-state index contributed by atoms with van der Waals surface area (Å²) in [7, 11) is 2.09. The molecule has 0 spiro atoms. The molecule has 1 aliphatic rings. The molecule has 1 fully saturated rings. The van der Waals surface area contributed by atoms with Crippen molar-refractivity contribution in [3.05, 3.63) is 34.9 Å². The van der Waals surface area contributed by atoms with E-state index in [0.29, 0.717) is 6.04 Å². The maximum atomic E-state index is 3.52. The zero-order valence-corrected chi connectivity index (χ0v) is 13.6. The van der Waals surface area contributed by atoms with E-state index >= 15 is 0 Å². The molecular weight excluding hydrogens is 244 g/mol. The summed E-state index contributed by atoms with van der Waals surface area (Å²) in [6.45, 7) is 10.4. The fourth-order valence-electron chi connectivity index (χ4n) is 3.24. The Bertz CT molecular complexity index is 427. The Morgan fingerprint density at radius 1 is 1.25 bits per heavy atom. The molecular formula is C18H30N2. The second kappa shape index (κ2) is 7.24. The minimum atomic E-state index is 0.448. The van der Waals surface area contributed by atoms with E-state index in [1.165, 1.54) is 49.0 Å². The van der Waals surface area contributed by atoms with Gasteiger partial charge in [0.1, 0.15) is 0 Å². The van der Waals surface area contributed by atoms with Crippen LogP contribution in [0.2, 0.25) is 0 Å². The Balaban J connectivity index is 2.06. The molecule has 0 aliphatic carbocycles. The molecule has 0 amide bonds. The van der Waals surface area contributed by atoms with Crippen LogP contribution >= 0.6 is 0 Å². The first-order chi connectivity index (χ1) is 9.60. The third-order valence-corrected chi connectivity index (χ3v) is 4.71. The Labute approximate surface area is 124 Å². The summed E-state index contributed by atoms with van der Waals surface area (Å²) in [5, 5.41) is 3.52. The van der Waals surface area contributed by atoms with Crippen molar-refractivity contribution in [3.8, 4) is 0 Å². The Morgan fingerprint density at radius 2 is 2.05 bits per heavy atom. The van der Waals surface area contributed by atoms with Gasteiger partial charge in [0, 0.05) is 12.6 Å². The lowest BCUT2D eigenvalue weighted by Crippen LogP contribution is -2.35. The highest BCUT2D eigenvalue weighted by Gasteiger charge is 2.19. The first-order valence-electron chi connectivity index (χ1n) is 8.07. The summed E-state index contributed by atoms with van der Waals surface area (Å²) in [4.78, 5) is 2.65. The van der Waals surface area contributed by atoms with Crippen LogP contribution < -0.4 is 5.32 Å². The number of nitrogens with one attached hydrogen (secondary N) is 1. The second-order valence-corrected chi connectivity index (χ2v) is 6.54.